The number of hydrogen-bond donors (Lipinski definition) is 2. The average Bonchev–Trinajstić information content (AvgIpc) is 2.73. The molecule has 1 atom stereocenters. The summed E-state index contributed by atoms with van der Waals surface area (Å²) < 4.78 is 0. The van der Waals surface area contributed by atoms with Crippen LogP contribution >= 0.6 is 11.6 Å². The molecule has 4 heteroatoms. The van der Waals surface area contributed by atoms with Crippen LogP contribution in [0.4, 0.5) is 11.4 Å². The number of nitrogens with one attached hydrogen (secondary N) is 1. The van der Waals surface area contributed by atoms with Crippen LogP contribution in [0.5, 0.6) is 0 Å². The summed E-state index contributed by atoms with van der Waals surface area (Å²) in [7, 11) is 0. The van der Waals surface area contributed by atoms with Gasteiger partial charge in [0.05, 0.1) is 11.4 Å². The number of allylic oxidation sites excluding steroid dienone is 1. The number of nitrogen functional groups attached to an aromatic ring is 1. The first-order valence-corrected chi connectivity index (χ1v) is 7.67. The number of benzene rings is 1. The van der Waals surface area contributed by atoms with Crippen molar-refractivity contribution in [2.75, 3.05) is 30.7 Å². The molecular formula is C16H22ClN3. The summed E-state index contributed by atoms with van der Waals surface area (Å²) in [5, 5.41) is 4.33. The quantitative estimate of drug-likeness (QED) is 0.646. The molecule has 0 fully saturated rings. The minimum absolute atomic E-state index is 0.451. The van der Waals surface area contributed by atoms with Gasteiger partial charge in [-0.05, 0) is 43.9 Å². The lowest BCUT2D eigenvalue weighted by Crippen LogP contribution is -2.30. The summed E-state index contributed by atoms with van der Waals surface area (Å²) in [5.74, 6) is 0. The SMILES string of the molecule is CC(C)=CCN1CCNc2c(N)cc(Cl)c3c2C1CC3. The Labute approximate surface area is 125 Å². The van der Waals surface area contributed by atoms with Crippen molar-refractivity contribution >= 4 is 23.0 Å². The zero-order valence-electron chi connectivity index (χ0n) is 12.2. The number of rotatable bonds is 2. The maximum atomic E-state index is 6.38. The van der Waals surface area contributed by atoms with E-state index in [1.807, 2.05) is 6.07 Å². The van der Waals surface area contributed by atoms with Crippen LogP contribution in [-0.4, -0.2) is 24.5 Å². The topological polar surface area (TPSA) is 41.3 Å². The summed E-state index contributed by atoms with van der Waals surface area (Å²) in [4.78, 5) is 2.54. The van der Waals surface area contributed by atoms with Crippen LogP contribution in [0.3, 0.4) is 0 Å². The average molecular weight is 292 g/mol. The van der Waals surface area contributed by atoms with Crippen molar-refractivity contribution < 1.29 is 0 Å². The normalized spacial score (nSPS) is 21.1. The minimum Gasteiger partial charge on any atom is -0.397 e. The van der Waals surface area contributed by atoms with Crippen molar-refractivity contribution in [1.82, 2.24) is 4.90 Å². The second-order valence-electron chi connectivity index (χ2n) is 5.97. The van der Waals surface area contributed by atoms with Gasteiger partial charge in [-0.25, -0.2) is 0 Å². The molecule has 1 unspecified atom stereocenters. The fourth-order valence-electron chi connectivity index (χ4n) is 3.34. The minimum atomic E-state index is 0.451. The summed E-state index contributed by atoms with van der Waals surface area (Å²) in [6.07, 6.45) is 4.50. The van der Waals surface area contributed by atoms with Gasteiger partial charge in [-0.1, -0.05) is 23.3 Å². The molecular weight excluding hydrogens is 270 g/mol. The number of anilines is 2. The summed E-state index contributed by atoms with van der Waals surface area (Å²) in [6, 6.07) is 2.35. The highest BCUT2D eigenvalue weighted by atomic mass is 35.5. The Kier molecular flexibility index (Phi) is 3.65. The predicted molar refractivity (Wildman–Crippen MR) is 86.4 cm³/mol. The second-order valence-corrected chi connectivity index (χ2v) is 6.38. The van der Waals surface area contributed by atoms with Crippen LogP contribution in [-0.2, 0) is 6.42 Å². The van der Waals surface area contributed by atoms with Crippen molar-refractivity contribution in [3.05, 3.63) is 33.9 Å². The molecule has 0 saturated heterocycles. The van der Waals surface area contributed by atoms with Crippen LogP contribution in [0.2, 0.25) is 5.02 Å². The lowest BCUT2D eigenvalue weighted by Gasteiger charge is -2.26. The molecule has 2 aliphatic rings. The van der Waals surface area contributed by atoms with E-state index in [0.717, 1.165) is 48.9 Å². The van der Waals surface area contributed by atoms with Crippen LogP contribution in [0, 0.1) is 0 Å². The molecule has 3 rings (SSSR count). The first kappa shape index (κ1) is 13.8. The van der Waals surface area contributed by atoms with E-state index < -0.39 is 0 Å². The molecule has 20 heavy (non-hydrogen) atoms. The Hall–Kier alpha value is -1.19. The number of nitrogens with two attached hydrogens (primary N) is 1. The Morgan fingerprint density at radius 1 is 1.55 bits per heavy atom. The molecule has 0 aromatic heterocycles. The second kappa shape index (κ2) is 5.30. The fourth-order valence-corrected chi connectivity index (χ4v) is 3.65. The molecule has 1 aliphatic heterocycles. The van der Waals surface area contributed by atoms with Gasteiger partial charge in [0, 0.05) is 30.7 Å². The molecule has 1 aromatic carbocycles. The third-order valence-corrected chi connectivity index (χ3v) is 4.67. The maximum Gasteiger partial charge on any atom is 0.0626 e. The third-order valence-electron chi connectivity index (χ3n) is 4.33. The molecule has 0 amide bonds. The van der Waals surface area contributed by atoms with Gasteiger partial charge in [-0.2, -0.15) is 0 Å². The van der Waals surface area contributed by atoms with E-state index in [-0.39, 0.29) is 0 Å². The molecule has 0 spiro atoms. The molecule has 0 bridgehead atoms. The molecule has 1 aliphatic carbocycles. The van der Waals surface area contributed by atoms with E-state index in [9.17, 15) is 0 Å². The molecule has 0 radical (unpaired) electrons. The first-order valence-electron chi connectivity index (χ1n) is 7.30. The largest absolute Gasteiger partial charge is 0.397 e. The number of hydrogen-bond acceptors (Lipinski definition) is 3. The Morgan fingerprint density at radius 2 is 2.35 bits per heavy atom. The van der Waals surface area contributed by atoms with Gasteiger partial charge in [0.25, 0.3) is 0 Å². The van der Waals surface area contributed by atoms with Crippen LogP contribution < -0.4 is 11.1 Å². The van der Waals surface area contributed by atoms with E-state index in [4.69, 9.17) is 17.3 Å². The summed E-state index contributed by atoms with van der Waals surface area (Å²) in [5.41, 5.74) is 12.1. The highest BCUT2D eigenvalue weighted by Crippen LogP contribution is 2.47. The maximum absolute atomic E-state index is 6.38. The Balaban J connectivity index is 2.01. The van der Waals surface area contributed by atoms with Gasteiger partial charge < -0.3 is 11.1 Å². The third kappa shape index (κ3) is 2.29. The number of halogens is 1. The highest BCUT2D eigenvalue weighted by Gasteiger charge is 2.34. The van der Waals surface area contributed by atoms with Gasteiger partial charge >= 0.3 is 0 Å². The smallest absolute Gasteiger partial charge is 0.0626 e. The lowest BCUT2D eigenvalue weighted by molar-refractivity contribution is 0.231. The van der Waals surface area contributed by atoms with Crippen LogP contribution in [0.15, 0.2) is 17.7 Å². The van der Waals surface area contributed by atoms with E-state index in [1.54, 1.807) is 0 Å². The van der Waals surface area contributed by atoms with Crippen LogP contribution in [0.1, 0.15) is 37.4 Å². The van der Waals surface area contributed by atoms with Crippen molar-refractivity contribution in [1.29, 1.82) is 0 Å². The first-order chi connectivity index (χ1) is 9.58. The van der Waals surface area contributed by atoms with Gasteiger partial charge in [-0.3, -0.25) is 4.90 Å². The standard InChI is InChI=1S/C16H22ClN3/c1-10(2)5-7-20-8-6-19-16-13(18)9-12(17)11-3-4-14(20)15(11)16/h5,9,14,19H,3-4,6-8,18H2,1-2H3. The zero-order chi connectivity index (χ0) is 14.3. The Morgan fingerprint density at radius 3 is 3.10 bits per heavy atom. The van der Waals surface area contributed by atoms with Gasteiger partial charge in [0.15, 0.2) is 0 Å². The molecule has 0 saturated carbocycles. The molecule has 3 nitrogen and oxygen atoms in total. The monoisotopic (exact) mass is 291 g/mol. The van der Waals surface area contributed by atoms with E-state index in [2.05, 4.69) is 30.1 Å². The highest BCUT2D eigenvalue weighted by molar-refractivity contribution is 6.32. The predicted octanol–water partition coefficient (Wildman–Crippen LogP) is 3.60. The van der Waals surface area contributed by atoms with Gasteiger partial charge in [0.2, 0.25) is 0 Å². The van der Waals surface area contributed by atoms with Crippen molar-refractivity contribution in [2.45, 2.75) is 32.7 Å². The van der Waals surface area contributed by atoms with E-state index in [0.29, 0.717) is 6.04 Å². The van der Waals surface area contributed by atoms with Crippen LogP contribution in [0.25, 0.3) is 0 Å². The van der Waals surface area contributed by atoms with E-state index in [1.165, 1.54) is 16.7 Å². The molecule has 1 heterocycles. The summed E-state index contributed by atoms with van der Waals surface area (Å²) in [6.45, 7) is 7.28. The van der Waals surface area contributed by atoms with Gasteiger partial charge in [0.1, 0.15) is 0 Å². The van der Waals surface area contributed by atoms with Crippen molar-refractivity contribution in [3.8, 4) is 0 Å². The zero-order valence-corrected chi connectivity index (χ0v) is 12.9. The fraction of sp³-hybridized carbons (Fsp3) is 0.500. The van der Waals surface area contributed by atoms with Crippen molar-refractivity contribution in [2.24, 2.45) is 0 Å². The van der Waals surface area contributed by atoms with Gasteiger partial charge in [-0.15, -0.1) is 0 Å². The van der Waals surface area contributed by atoms with E-state index >= 15 is 0 Å². The molecule has 3 N–H and O–H groups in total. The Bertz CT molecular complexity index is 561. The molecule has 1 aromatic rings. The number of nitrogens with zero attached hydrogens (tertiary/aromatic N) is 1. The molecule has 108 valence electrons. The summed E-state index contributed by atoms with van der Waals surface area (Å²) >= 11 is 6.38. The van der Waals surface area contributed by atoms with Crippen molar-refractivity contribution in [3.63, 3.8) is 0 Å². The lowest BCUT2D eigenvalue weighted by atomic mass is 10.0.